The van der Waals surface area contributed by atoms with Crippen molar-refractivity contribution >= 4 is 5.71 Å². The minimum Gasteiger partial charge on any atom is -0.411 e. The fourth-order valence-corrected chi connectivity index (χ4v) is 2.43. The van der Waals surface area contributed by atoms with Crippen molar-refractivity contribution in [1.29, 1.82) is 0 Å². The minimum atomic E-state index is -0.297. The van der Waals surface area contributed by atoms with Gasteiger partial charge in [-0.25, -0.2) is 4.39 Å². The number of hydrogen-bond donors (Lipinski definition) is 1. The van der Waals surface area contributed by atoms with Crippen LogP contribution in [0.2, 0.25) is 0 Å². The molecule has 1 N–H and O–H groups in total. The average Bonchev–Trinajstić information content (AvgIpc) is 2.38. The van der Waals surface area contributed by atoms with Gasteiger partial charge in [0.15, 0.2) is 0 Å². The molecule has 0 saturated carbocycles. The molecule has 0 aromatic carbocycles. The zero-order valence-corrected chi connectivity index (χ0v) is 10.5. The largest absolute Gasteiger partial charge is 0.411 e. The number of likely N-dealkylation sites (tertiary alicyclic amines) is 1. The van der Waals surface area contributed by atoms with Gasteiger partial charge in [0.1, 0.15) is 5.82 Å². The van der Waals surface area contributed by atoms with Gasteiger partial charge in [0.25, 0.3) is 0 Å². The first kappa shape index (κ1) is 13.0. The van der Waals surface area contributed by atoms with Gasteiger partial charge >= 0.3 is 0 Å². The predicted octanol–water partition coefficient (Wildman–Crippen LogP) is 2.28. The summed E-state index contributed by atoms with van der Waals surface area (Å²) in [6.45, 7) is 4.47. The highest BCUT2D eigenvalue weighted by Gasteiger charge is 2.24. The van der Waals surface area contributed by atoms with Crippen LogP contribution in [0.25, 0.3) is 0 Å². The summed E-state index contributed by atoms with van der Waals surface area (Å²) >= 11 is 0. The number of pyridine rings is 1. The summed E-state index contributed by atoms with van der Waals surface area (Å²) in [5.74, 6) is -0.000529. The van der Waals surface area contributed by atoms with Gasteiger partial charge in [0.2, 0.25) is 0 Å². The third-order valence-electron chi connectivity index (χ3n) is 3.42. The van der Waals surface area contributed by atoms with Crippen LogP contribution >= 0.6 is 0 Å². The van der Waals surface area contributed by atoms with Crippen LogP contribution in [-0.2, 0) is 6.54 Å². The molecule has 0 radical (unpaired) electrons. The Morgan fingerprint density at radius 1 is 1.56 bits per heavy atom. The van der Waals surface area contributed by atoms with Crippen molar-refractivity contribution in [1.82, 2.24) is 9.88 Å². The van der Waals surface area contributed by atoms with E-state index in [1.165, 1.54) is 12.3 Å². The van der Waals surface area contributed by atoms with E-state index in [0.717, 1.165) is 37.2 Å². The molecule has 1 aromatic heterocycles. The number of aromatic nitrogens is 1. The zero-order valence-electron chi connectivity index (χ0n) is 10.5. The fraction of sp³-hybridized carbons (Fsp3) is 0.538. The van der Waals surface area contributed by atoms with Crippen molar-refractivity contribution in [3.05, 3.63) is 29.8 Å². The molecular formula is C13H18FN3O. The number of nitrogens with zero attached hydrogens (tertiary/aromatic N) is 3. The van der Waals surface area contributed by atoms with Crippen molar-refractivity contribution in [3.8, 4) is 0 Å². The fourth-order valence-electron chi connectivity index (χ4n) is 2.43. The minimum absolute atomic E-state index is 0.297. The van der Waals surface area contributed by atoms with Crippen molar-refractivity contribution in [3.63, 3.8) is 0 Å². The molecule has 18 heavy (non-hydrogen) atoms. The molecule has 0 amide bonds. The van der Waals surface area contributed by atoms with Crippen LogP contribution in [0.4, 0.5) is 4.39 Å². The van der Waals surface area contributed by atoms with Crippen LogP contribution < -0.4 is 0 Å². The summed E-state index contributed by atoms with van der Waals surface area (Å²) < 4.78 is 13.0. The van der Waals surface area contributed by atoms with E-state index in [1.807, 2.05) is 0 Å². The van der Waals surface area contributed by atoms with Gasteiger partial charge in [-0.3, -0.25) is 9.88 Å². The van der Waals surface area contributed by atoms with Crippen LogP contribution in [-0.4, -0.2) is 33.9 Å². The summed E-state index contributed by atoms with van der Waals surface area (Å²) in [6.07, 6.45) is 4.64. The summed E-state index contributed by atoms with van der Waals surface area (Å²) in [7, 11) is 0. The Hall–Kier alpha value is -1.49. The van der Waals surface area contributed by atoms with E-state index >= 15 is 0 Å². The van der Waals surface area contributed by atoms with Gasteiger partial charge in [0, 0.05) is 38.2 Å². The summed E-state index contributed by atoms with van der Waals surface area (Å²) in [4.78, 5) is 6.10. The van der Waals surface area contributed by atoms with Gasteiger partial charge in [-0.1, -0.05) is 12.1 Å². The first-order valence-electron chi connectivity index (χ1n) is 6.25. The second-order valence-corrected chi connectivity index (χ2v) is 4.69. The van der Waals surface area contributed by atoms with Crippen molar-refractivity contribution in [2.75, 3.05) is 13.1 Å². The second-order valence-electron chi connectivity index (χ2n) is 4.69. The molecule has 1 saturated heterocycles. The Labute approximate surface area is 106 Å². The van der Waals surface area contributed by atoms with Crippen LogP contribution in [0.15, 0.2) is 23.6 Å². The molecule has 2 rings (SSSR count). The van der Waals surface area contributed by atoms with E-state index in [-0.39, 0.29) is 5.82 Å². The lowest BCUT2D eigenvalue weighted by molar-refractivity contribution is 0.220. The van der Waals surface area contributed by atoms with Crippen molar-refractivity contribution < 1.29 is 9.60 Å². The maximum absolute atomic E-state index is 13.0. The van der Waals surface area contributed by atoms with E-state index in [1.54, 1.807) is 6.20 Å². The first-order chi connectivity index (χ1) is 8.72. The number of oxime groups is 1. The van der Waals surface area contributed by atoms with Crippen molar-refractivity contribution in [2.24, 2.45) is 11.1 Å². The molecule has 1 aliphatic rings. The Morgan fingerprint density at radius 3 is 3.06 bits per heavy atom. The first-order valence-corrected chi connectivity index (χ1v) is 6.25. The molecule has 0 aliphatic carbocycles. The third-order valence-corrected chi connectivity index (χ3v) is 3.42. The number of piperidine rings is 1. The number of halogens is 1. The topological polar surface area (TPSA) is 48.7 Å². The highest BCUT2D eigenvalue weighted by molar-refractivity contribution is 5.87. The summed E-state index contributed by atoms with van der Waals surface area (Å²) in [6, 6.07) is 1.52. The number of hydrogen-bond acceptors (Lipinski definition) is 4. The normalized spacial score (nSPS) is 23.4. The molecule has 0 bridgehead atoms. The highest BCUT2D eigenvalue weighted by atomic mass is 19.1. The molecular weight excluding hydrogens is 233 g/mol. The Bertz CT molecular complexity index is 436. The van der Waals surface area contributed by atoms with Gasteiger partial charge in [-0.05, 0) is 18.1 Å². The van der Waals surface area contributed by atoms with Crippen molar-refractivity contribution in [2.45, 2.75) is 26.3 Å². The Balaban J connectivity index is 1.99. The SMILES string of the molecule is CCC1CN(Cc2cncc(F)c2)CC/C1=N\O. The zero-order chi connectivity index (χ0) is 13.0. The van der Waals surface area contributed by atoms with Crippen LogP contribution in [0, 0.1) is 11.7 Å². The molecule has 1 atom stereocenters. The monoisotopic (exact) mass is 251 g/mol. The van der Waals surface area contributed by atoms with Crippen LogP contribution in [0.3, 0.4) is 0 Å². The molecule has 5 heteroatoms. The van der Waals surface area contributed by atoms with E-state index in [0.29, 0.717) is 12.5 Å². The highest BCUT2D eigenvalue weighted by Crippen LogP contribution is 2.19. The summed E-state index contributed by atoms with van der Waals surface area (Å²) in [5, 5.41) is 12.3. The third kappa shape index (κ3) is 3.04. The molecule has 98 valence electrons. The lowest BCUT2D eigenvalue weighted by atomic mass is 9.93. The molecule has 1 fully saturated rings. The molecule has 1 aliphatic heterocycles. The molecule has 4 nitrogen and oxygen atoms in total. The van der Waals surface area contributed by atoms with E-state index in [2.05, 4.69) is 22.0 Å². The second kappa shape index (κ2) is 5.91. The lowest BCUT2D eigenvalue weighted by Gasteiger charge is -2.32. The lowest BCUT2D eigenvalue weighted by Crippen LogP contribution is -2.40. The van der Waals surface area contributed by atoms with Gasteiger partial charge in [0.05, 0.1) is 11.9 Å². The maximum Gasteiger partial charge on any atom is 0.141 e. The average molecular weight is 251 g/mol. The molecule has 1 unspecified atom stereocenters. The smallest absolute Gasteiger partial charge is 0.141 e. The van der Waals surface area contributed by atoms with E-state index in [4.69, 9.17) is 5.21 Å². The van der Waals surface area contributed by atoms with E-state index in [9.17, 15) is 4.39 Å². The van der Waals surface area contributed by atoms with Gasteiger partial charge in [-0.2, -0.15) is 0 Å². The Kier molecular flexibility index (Phi) is 4.25. The Morgan fingerprint density at radius 2 is 2.39 bits per heavy atom. The van der Waals surface area contributed by atoms with E-state index < -0.39 is 0 Å². The van der Waals surface area contributed by atoms with Gasteiger partial charge in [-0.15, -0.1) is 0 Å². The van der Waals surface area contributed by atoms with Gasteiger partial charge < -0.3 is 5.21 Å². The number of rotatable bonds is 3. The van der Waals surface area contributed by atoms with Crippen LogP contribution in [0.1, 0.15) is 25.3 Å². The standard InChI is InChI=1S/C13H18FN3O/c1-2-11-9-17(4-3-13(11)16-18)8-10-5-12(14)7-15-6-10/h5-7,11,18H,2-4,8-9H2,1H3/b16-13+. The molecule has 1 aromatic rings. The predicted molar refractivity (Wildman–Crippen MR) is 67.1 cm³/mol. The molecule has 0 spiro atoms. The maximum atomic E-state index is 13.0. The summed E-state index contributed by atoms with van der Waals surface area (Å²) in [5.41, 5.74) is 1.76. The van der Waals surface area contributed by atoms with Crippen LogP contribution in [0.5, 0.6) is 0 Å². The molecule has 2 heterocycles. The quantitative estimate of drug-likeness (QED) is 0.662.